The Hall–Kier alpha value is -1.40. The number of aliphatic hydroxyl groups is 1. The number of hydrogen-bond acceptors (Lipinski definition) is 4. The van der Waals surface area contributed by atoms with Gasteiger partial charge < -0.3 is 5.11 Å². The summed E-state index contributed by atoms with van der Waals surface area (Å²) in [6.07, 6.45) is 1.49. The number of nitrogens with zero attached hydrogens (tertiary/aromatic N) is 3. The van der Waals surface area contributed by atoms with Gasteiger partial charge >= 0.3 is 0 Å². The molecule has 1 aromatic carbocycles. The van der Waals surface area contributed by atoms with Crippen molar-refractivity contribution >= 4 is 11.8 Å². The molecule has 0 saturated carbocycles. The van der Waals surface area contributed by atoms with Gasteiger partial charge in [-0.15, -0.1) is 11.8 Å². The predicted molar refractivity (Wildman–Crippen MR) is 68.9 cm³/mol. The van der Waals surface area contributed by atoms with E-state index in [1.165, 1.54) is 17.1 Å². The van der Waals surface area contributed by atoms with Crippen LogP contribution in [0.3, 0.4) is 0 Å². The number of benzene rings is 1. The zero-order chi connectivity index (χ0) is 13.0. The number of rotatable bonds is 5. The zero-order valence-corrected chi connectivity index (χ0v) is 10.8. The van der Waals surface area contributed by atoms with E-state index in [2.05, 4.69) is 10.1 Å². The highest BCUT2D eigenvalue weighted by atomic mass is 32.2. The lowest BCUT2D eigenvalue weighted by Gasteiger charge is -2.02. The quantitative estimate of drug-likeness (QED) is 0.844. The number of thioether (sulfide) groups is 1. The summed E-state index contributed by atoms with van der Waals surface area (Å²) in [6.45, 7) is 2.37. The second-order valence-corrected chi connectivity index (χ2v) is 4.97. The minimum atomic E-state index is -0.324. The van der Waals surface area contributed by atoms with E-state index in [4.69, 9.17) is 5.11 Å². The third-order valence-electron chi connectivity index (χ3n) is 2.36. The van der Waals surface area contributed by atoms with Crippen molar-refractivity contribution in [2.24, 2.45) is 0 Å². The highest BCUT2D eigenvalue weighted by Gasteiger charge is 2.10. The first-order valence-electron chi connectivity index (χ1n) is 5.67. The lowest BCUT2D eigenvalue weighted by Crippen LogP contribution is -2.02. The molecule has 0 fully saturated rings. The van der Waals surface area contributed by atoms with Gasteiger partial charge in [0.15, 0.2) is 5.82 Å². The average molecular weight is 267 g/mol. The van der Waals surface area contributed by atoms with Crippen LogP contribution in [0.15, 0.2) is 29.4 Å². The molecular formula is C12H14FN3OS. The molecule has 1 heterocycles. The molecule has 0 radical (unpaired) electrons. The second-order valence-electron chi connectivity index (χ2n) is 3.63. The summed E-state index contributed by atoms with van der Waals surface area (Å²) in [4.78, 5) is 4.93. The van der Waals surface area contributed by atoms with Crippen LogP contribution in [0, 0.1) is 5.82 Å². The van der Waals surface area contributed by atoms with Crippen LogP contribution in [-0.4, -0.2) is 32.2 Å². The molecule has 0 atom stereocenters. The van der Waals surface area contributed by atoms with Gasteiger partial charge in [-0.05, 0) is 24.0 Å². The van der Waals surface area contributed by atoms with Gasteiger partial charge in [0.25, 0.3) is 0 Å². The molecule has 0 aliphatic heterocycles. The second kappa shape index (κ2) is 5.97. The van der Waals surface area contributed by atoms with Crippen LogP contribution in [0.25, 0.3) is 11.4 Å². The van der Waals surface area contributed by atoms with Gasteiger partial charge in [-0.3, -0.25) is 4.68 Å². The molecule has 1 aromatic heterocycles. The highest BCUT2D eigenvalue weighted by Crippen LogP contribution is 2.25. The molecule has 0 aliphatic carbocycles. The van der Waals surface area contributed by atoms with E-state index >= 15 is 0 Å². The summed E-state index contributed by atoms with van der Waals surface area (Å²) in [5.74, 6) is 0.923. The summed E-state index contributed by atoms with van der Waals surface area (Å²) in [5, 5.41) is 12.9. The van der Waals surface area contributed by atoms with E-state index in [9.17, 15) is 4.39 Å². The van der Waals surface area contributed by atoms with Crippen molar-refractivity contribution in [2.45, 2.75) is 18.4 Å². The molecule has 0 aliphatic rings. The smallest absolute Gasteiger partial charge is 0.184 e. The Bertz CT molecular complexity index is 530. The summed E-state index contributed by atoms with van der Waals surface area (Å²) in [7, 11) is 0. The minimum absolute atomic E-state index is 0.0165. The minimum Gasteiger partial charge on any atom is -0.394 e. The van der Waals surface area contributed by atoms with E-state index in [-0.39, 0.29) is 12.4 Å². The summed E-state index contributed by atoms with van der Waals surface area (Å²) >= 11 is 1.59. The molecule has 4 nitrogen and oxygen atoms in total. The molecule has 18 heavy (non-hydrogen) atoms. The first-order chi connectivity index (χ1) is 8.74. The molecule has 1 N–H and O–H groups in total. The summed E-state index contributed by atoms with van der Waals surface area (Å²) in [5.41, 5.74) is 0.382. The van der Waals surface area contributed by atoms with Crippen LogP contribution >= 0.6 is 11.8 Å². The molecule has 0 amide bonds. The Kier molecular flexibility index (Phi) is 4.33. The summed E-state index contributed by atoms with van der Waals surface area (Å²) < 4.78 is 15.4. The molecule has 0 bridgehead atoms. The average Bonchev–Trinajstić information content (AvgIpc) is 2.78. The zero-order valence-electron chi connectivity index (χ0n) is 10.0. The topological polar surface area (TPSA) is 50.9 Å². The predicted octanol–water partition coefficient (Wildman–Crippen LogP) is 2.19. The van der Waals surface area contributed by atoms with Gasteiger partial charge in [0.05, 0.1) is 18.7 Å². The third kappa shape index (κ3) is 2.88. The Morgan fingerprint density at radius 2 is 2.28 bits per heavy atom. The van der Waals surface area contributed by atoms with Gasteiger partial charge in [0.2, 0.25) is 0 Å². The van der Waals surface area contributed by atoms with Crippen molar-refractivity contribution in [2.75, 3.05) is 12.4 Å². The fraction of sp³-hybridized carbons (Fsp3) is 0.333. The highest BCUT2D eigenvalue weighted by molar-refractivity contribution is 7.99. The Balaban J connectivity index is 2.26. The van der Waals surface area contributed by atoms with Crippen LogP contribution in [0.5, 0.6) is 0 Å². The van der Waals surface area contributed by atoms with Gasteiger partial charge in [-0.25, -0.2) is 9.37 Å². The maximum absolute atomic E-state index is 13.9. The van der Waals surface area contributed by atoms with E-state index in [0.717, 1.165) is 10.6 Å². The van der Waals surface area contributed by atoms with Crippen LogP contribution in [0.2, 0.25) is 0 Å². The molecule has 2 aromatic rings. The maximum atomic E-state index is 13.9. The van der Waals surface area contributed by atoms with Crippen molar-refractivity contribution in [1.29, 1.82) is 0 Å². The largest absolute Gasteiger partial charge is 0.394 e. The van der Waals surface area contributed by atoms with Crippen LogP contribution in [-0.2, 0) is 6.54 Å². The van der Waals surface area contributed by atoms with Crippen molar-refractivity contribution < 1.29 is 9.50 Å². The Morgan fingerprint density at radius 1 is 1.44 bits per heavy atom. The molecule has 0 saturated heterocycles. The van der Waals surface area contributed by atoms with Crippen LogP contribution in [0.4, 0.5) is 4.39 Å². The van der Waals surface area contributed by atoms with Gasteiger partial charge in [-0.2, -0.15) is 5.10 Å². The van der Waals surface area contributed by atoms with Crippen molar-refractivity contribution in [3.63, 3.8) is 0 Å². The lowest BCUT2D eigenvalue weighted by molar-refractivity contribution is 0.269. The lowest BCUT2D eigenvalue weighted by atomic mass is 10.2. The number of aromatic nitrogens is 3. The first kappa shape index (κ1) is 13.0. The molecule has 2 rings (SSSR count). The first-order valence-corrected chi connectivity index (χ1v) is 6.66. The normalized spacial score (nSPS) is 10.8. The molecule has 6 heteroatoms. The fourth-order valence-electron chi connectivity index (χ4n) is 1.56. The van der Waals surface area contributed by atoms with Gasteiger partial charge in [0.1, 0.15) is 12.1 Å². The van der Waals surface area contributed by atoms with E-state index in [0.29, 0.717) is 17.9 Å². The fourth-order valence-corrected chi connectivity index (χ4v) is 2.25. The number of aliphatic hydroxyl groups excluding tert-OH is 1. The van der Waals surface area contributed by atoms with Crippen molar-refractivity contribution in [3.8, 4) is 11.4 Å². The van der Waals surface area contributed by atoms with Gasteiger partial charge in [-0.1, -0.05) is 6.92 Å². The third-order valence-corrected chi connectivity index (χ3v) is 3.23. The van der Waals surface area contributed by atoms with Crippen molar-refractivity contribution in [1.82, 2.24) is 14.8 Å². The Morgan fingerprint density at radius 3 is 2.94 bits per heavy atom. The van der Waals surface area contributed by atoms with E-state index in [1.54, 1.807) is 17.8 Å². The van der Waals surface area contributed by atoms with Gasteiger partial charge in [0, 0.05) is 4.90 Å². The maximum Gasteiger partial charge on any atom is 0.184 e. The standard InChI is InChI=1S/C12H14FN3OS/c1-2-18-9-3-4-10(11(13)7-9)12-14-8-16(15-12)5-6-17/h3-4,7-8,17H,2,5-6H2,1H3. The molecular weight excluding hydrogens is 253 g/mol. The van der Waals surface area contributed by atoms with E-state index < -0.39 is 0 Å². The number of hydrogen-bond donors (Lipinski definition) is 1. The van der Waals surface area contributed by atoms with Crippen molar-refractivity contribution in [3.05, 3.63) is 30.3 Å². The molecule has 0 unspecified atom stereocenters. The van der Waals surface area contributed by atoms with Crippen LogP contribution in [0.1, 0.15) is 6.92 Å². The molecule has 0 spiro atoms. The number of halogens is 1. The molecule has 96 valence electrons. The van der Waals surface area contributed by atoms with Crippen LogP contribution < -0.4 is 0 Å². The SMILES string of the molecule is CCSc1ccc(-c2ncn(CCO)n2)c(F)c1. The monoisotopic (exact) mass is 267 g/mol. The summed E-state index contributed by atoms with van der Waals surface area (Å²) in [6, 6.07) is 5.04. The van der Waals surface area contributed by atoms with E-state index in [1.807, 2.05) is 13.0 Å². The Labute approximate surface area is 109 Å².